The lowest BCUT2D eigenvalue weighted by Crippen LogP contribution is -2.38. The Kier molecular flexibility index (Phi) is 15.3. The number of carbonyl (C=O) groups is 1. The van der Waals surface area contributed by atoms with Gasteiger partial charge in [0.05, 0.1) is 74.3 Å². The number of anilines is 1. The third-order valence-electron chi connectivity index (χ3n) is 10.6. The van der Waals surface area contributed by atoms with E-state index >= 15 is 0 Å². The van der Waals surface area contributed by atoms with E-state index in [2.05, 4.69) is 15.8 Å². The van der Waals surface area contributed by atoms with Crippen LogP contribution in [0.25, 0.3) is 0 Å². The number of nitrogens with one attached hydrogen (secondary N) is 2. The van der Waals surface area contributed by atoms with Crippen molar-refractivity contribution >= 4 is 17.3 Å². The maximum atomic E-state index is 12.8. The van der Waals surface area contributed by atoms with Gasteiger partial charge in [-0.25, -0.2) is 0 Å². The summed E-state index contributed by atoms with van der Waals surface area (Å²) in [6.07, 6.45) is 8.46. The first kappa shape index (κ1) is 43.4. The van der Waals surface area contributed by atoms with Gasteiger partial charge >= 0.3 is 0 Å². The number of unbranched alkanes of at least 4 members (excludes halogenated alkanes) is 7. The van der Waals surface area contributed by atoms with E-state index in [0.29, 0.717) is 76.9 Å². The number of rotatable bonds is 23. The van der Waals surface area contributed by atoms with Gasteiger partial charge < -0.3 is 58.1 Å². The van der Waals surface area contributed by atoms with Gasteiger partial charge in [-0.3, -0.25) is 4.79 Å². The minimum Gasteiger partial charge on any atom is -0.497 e. The highest BCUT2D eigenvalue weighted by Gasteiger charge is 2.29. The first-order valence-electron chi connectivity index (χ1n) is 20.3. The second kappa shape index (κ2) is 21.2. The number of ether oxygens (including phenoxy) is 9. The Morgan fingerprint density at radius 1 is 0.567 bits per heavy atom. The first-order valence-corrected chi connectivity index (χ1v) is 20.3. The number of carbonyl (C=O) groups excluding carboxylic acids is 1. The van der Waals surface area contributed by atoms with Crippen LogP contribution in [0.1, 0.15) is 97.1 Å². The van der Waals surface area contributed by atoms with Crippen LogP contribution in [0.5, 0.6) is 51.7 Å². The summed E-state index contributed by atoms with van der Waals surface area (Å²) in [4.78, 5) is 18.7. The molecule has 0 saturated heterocycles. The molecule has 0 spiro atoms. The number of hydrogen-bond donors (Lipinski definition) is 2. The highest BCUT2D eigenvalue weighted by molar-refractivity contribution is 6.03. The molecule has 2 aliphatic rings. The molecule has 4 aromatic rings. The van der Waals surface area contributed by atoms with E-state index in [9.17, 15) is 4.79 Å². The Labute approximate surface area is 352 Å². The minimum absolute atomic E-state index is 0.168. The van der Waals surface area contributed by atoms with Crippen molar-refractivity contribution in [2.45, 2.75) is 70.1 Å². The molecule has 14 nitrogen and oxygen atoms in total. The summed E-state index contributed by atoms with van der Waals surface area (Å²) in [5.74, 6) is 5.11. The van der Waals surface area contributed by atoms with Crippen molar-refractivity contribution in [2.24, 2.45) is 5.16 Å². The van der Waals surface area contributed by atoms with E-state index in [4.69, 9.17) is 47.5 Å². The zero-order valence-corrected chi connectivity index (χ0v) is 35.6. The zero-order valence-electron chi connectivity index (χ0n) is 35.6. The largest absolute Gasteiger partial charge is 0.497 e. The van der Waals surface area contributed by atoms with Crippen molar-refractivity contribution < 1.29 is 52.3 Å². The molecular formula is C46H57N3O11. The maximum Gasteiger partial charge on any atom is 0.255 e. The molecule has 0 fully saturated rings. The van der Waals surface area contributed by atoms with Crippen LogP contribution >= 0.6 is 0 Å². The van der Waals surface area contributed by atoms with Gasteiger partial charge in [0.15, 0.2) is 40.6 Å². The van der Waals surface area contributed by atoms with Gasteiger partial charge in [0.1, 0.15) is 11.9 Å². The Hall–Kier alpha value is -6.18. The van der Waals surface area contributed by atoms with Crippen LogP contribution in [-0.2, 0) is 4.84 Å². The molecule has 1 amide bonds. The fourth-order valence-electron chi connectivity index (χ4n) is 7.34. The van der Waals surface area contributed by atoms with E-state index in [1.807, 2.05) is 54.6 Å². The van der Waals surface area contributed by atoms with Crippen LogP contribution in [0.2, 0.25) is 0 Å². The Balaban J connectivity index is 0.875. The molecule has 4 aromatic carbocycles. The smallest absolute Gasteiger partial charge is 0.255 e. The van der Waals surface area contributed by atoms with Crippen molar-refractivity contribution in [1.82, 2.24) is 5.32 Å². The van der Waals surface area contributed by atoms with Crippen LogP contribution in [0.15, 0.2) is 65.8 Å². The second-order valence-electron chi connectivity index (χ2n) is 14.4. The van der Waals surface area contributed by atoms with E-state index in [1.165, 1.54) is 12.8 Å². The molecule has 2 N–H and O–H groups in total. The molecule has 322 valence electrons. The number of hydrogen-bond acceptors (Lipinski definition) is 13. The van der Waals surface area contributed by atoms with Gasteiger partial charge in [0.2, 0.25) is 11.5 Å². The Morgan fingerprint density at radius 2 is 1.15 bits per heavy atom. The number of benzene rings is 4. The van der Waals surface area contributed by atoms with Crippen molar-refractivity contribution in [3.8, 4) is 51.7 Å². The summed E-state index contributed by atoms with van der Waals surface area (Å²) in [7, 11) is 11.2. The molecule has 0 aliphatic carbocycles. The third kappa shape index (κ3) is 10.3. The van der Waals surface area contributed by atoms with Crippen molar-refractivity contribution in [2.75, 3.05) is 68.3 Å². The topological polar surface area (TPSA) is 146 Å². The average Bonchev–Trinajstić information content (AvgIpc) is 3.79. The van der Waals surface area contributed by atoms with Gasteiger partial charge in [-0.15, -0.1) is 0 Å². The summed E-state index contributed by atoms with van der Waals surface area (Å²) in [6.45, 7) is 1.16. The summed E-state index contributed by atoms with van der Waals surface area (Å²) in [6, 6.07) is 18.7. The summed E-state index contributed by atoms with van der Waals surface area (Å²) in [5, 5.41) is 10.8. The lowest BCUT2D eigenvalue weighted by atomic mass is 9.99. The molecule has 6 rings (SSSR count). The minimum atomic E-state index is -0.397. The van der Waals surface area contributed by atoms with Crippen molar-refractivity contribution in [3.63, 3.8) is 0 Å². The first-order chi connectivity index (χ1) is 29.3. The predicted octanol–water partition coefficient (Wildman–Crippen LogP) is 9.05. The molecule has 14 heteroatoms. The molecule has 60 heavy (non-hydrogen) atoms. The third-order valence-corrected chi connectivity index (χ3v) is 10.6. The highest BCUT2D eigenvalue weighted by Crippen LogP contribution is 2.44. The van der Waals surface area contributed by atoms with Gasteiger partial charge in [0.25, 0.3) is 5.91 Å². The van der Waals surface area contributed by atoms with E-state index in [-0.39, 0.29) is 12.0 Å². The van der Waals surface area contributed by atoms with Crippen molar-refractivity contribution in [3.05, 3.63) is 82.9 Å². The Morgan fingerprint density at radius 3 is 1.75 bits per heavy atom. The van der Waals surface area contributed by atoms with E-state index in [0.717, 1.165) is 66.6 Å². The molecular weight excluding hydrogens is 771 g/mol. The van der Waals surface area contributed by atoms with Crippen LogP contribution in [-0.4, -0.2) is 74.6 Å². The van der Waals surface area contributed by atoms with E-state index < -0.39 is 6.17 Å². The fraction of sp³-hybridized carbons (Fsp3) is 0.435. The SMILES string of the molecule is COc1ccc2c(c1)C(=O)NC(c1ccc(OCCCCCCCCCCOc3c(OC)cc(C4CC(c5cc(OC)c(OC)c(OC)c5)=NO4)cc3OC)c(OC)c1)N2. The predicted molar refractivity (Wildman–Crippen MR) is 228 cm³/mol. The van der Waals surface area contributed by atoms with Crippen LogP contribution in [0.4, 0.5) is 5.69 Å². The normalized spacial score (nSPS) is 15.4. The number of oxime groups is 1. The molecule has 2 unspecified atom stereocenters. The standard InChI is InChI=1S/C46H57N3O11/c1-51-32-17-18-34-33(27-32)46(50)48-45(47-34)29-16-19-36(38(22-29)52-2)58-20-14-12-10-8-9-11-13-15-21-59-44-41(55-5)25-31(26-42(44)56-6)37-28-35(49-60-37)30-23-39(53-3)43(57-7)40(24-30)54-4/h16-19,22-27,37,45,47H,8-15,20-21,28H2,1-7H3,(H,48,50). The summed E-state index contributed by atoms with van der Waals surface area (Å²) < 4.78 is 51.2. The van der Waals surface area contributed by atoms with Crippen LogP contribution in [0, 0.1) is 0 Å². The van der Waals surface area contributed by atoms with Crippen molar-refractivity contribution in [1.29, 1.82) is 0 Å². The lowest BCUT2D eigenvalue weighted by Gasteiger charge is -2.28. The quantitative estimate of drug-likeness (QED) is 0.0688. The number of nitrogens with zero attached hydrogens (tertiary/aromatic N) is 1. The zero-order chi connectivity index (χ0) is 42.4. The maximum absolute atomic E-state index is 12.8. The van der Waals surface area contributed by atoms with Crippen LogP contribution in [0.3, 0.4) is 0 Å². The summed E-state index contributed by atoms with van der Waals surface area (Å²) >= 11 is 0. The Bertz CT molecular complexity index is 2060. The number of amides is 1. The van der Waals surface area contributed by atoms with Gasteiger partial charge in [0, 0.05) is 23.2 Å². The lowest BCUT2D eigenvalue weighted by molar-refractivity contribution is 0.0852. The molecule has 0 aromatic heterocycles. The fourth-order valence-corrected chi connectivity index (χ4v) is 7.34. The number of methoxy groups -OCH3 is 7. The summed E-state index contributed by atoms with van der Waals surface area (Å²) in [5.41, 5.74) is 4.59. The molecule has 0 bridgehead atoms. The molecule has 2 heterocycles. The van der Waals surface area contributed by atoms with Gasteiger partial charge in [-0.2, -0.15) is 0 Å². The molecule has 2 aliphatic heterocycles. The molecule has 0 saturated carbocycles. The second-order valence-corrected chi connectivity index (χ2v) is 14.4. The van der Waals surface area contributed by atoms with E-state index in [1.54, 1.807) is 55.8 Å². The number of fused-ring (bicyclic) bond motifs is 1. The van der Waals surface area contributed by atoms with Gasteiger partial charge in [-0.1, -0.05) is 49.7 Å². The monoisotopic (exact) mass is 827 g/mol. The highest BCUT2D eigenvalue weighted by atomic mass is 16.6. The van der Waals surface area contributed by atoms with Gasteiger partial charge in [-0.05, 0) is 73.0 Å². The molecule has 0 radical (unpaired) electrons. The average molecular weight is 828 g/mol. The molecule has 2 atom stereocenters. The van der Waals surface area contributed by atoms with Crippen LogP contribution < -0.4 is 53.3 Å².